The smallest absolute Gasteiger partial charge is 0.475 e. The lowest BCUT2D eigenvalue weighted by Gasteiger charge is -2.34. The molecular weight excluding hydrogens is 456 g/mol. The summed E-state index contributed by atoms with van der Waals surface area (Å²) in [5.74, 6) is -2.91. The summed E-state index contributed by atoms with van der Waals surface area (Å²) in [5.41, 5.74) is 2.16. The van der Waals surface area contributed by atoms with E-state index in [1.165, 1.54) is 12.1 Å². The Morgan fingerprint density at radius 3 is 2.44 bits per heavy atom. The average Bonchev–Trinajstić information content (AvgIpc) is 3.18. The number of sulfonamides is 1. The fourth-order valence-electron chi connectivity index (χ4n) is 3.13. The highest BCUT2D eigenvalue weighted by Crippen LogP contribution is 2.24. The molecule has 2 heterocycles. The number of carboxylic acids is 1. The summed E-state index contributed by atoms with van der Waals surface area (Å²) in [6, 6.07) is 8.64. The van der Waals surface area contributed by atoms with E-state index in [1.807, 2.05) is 10.7 Å². The number of fused-ring (bicyclic) bond motifs is 1. The zero-order chi connectivity index (χ0) is 23.9. The molecule has 0 fully saturated rings. The number of rotatable bonds is 7. The molecular formula is C19H24F4N4O4S. The number of nitrogens with one attached hydrogen (secondary N) is 1. The van der Waals surface area contributed by atoms with Crippen LogP contribution in [0.25, 0.3) is 0 Å². The maximum Gasteiger partial charge on any atom is 0.490 e. The molecule has 0 bridgehead atoms. The van der Waals surface area contributed by atoms with Crippen LogP contribution in [0.5, 0.6) is 0 Å². The first-order valence-electron chi connectivity index (χ1n) is 9.68. The minimum atomic E-state index is -5.08. The average molecular weight is 480 g/mol. The number of benzene rings is 1. The lowest BCUT2D eigenvalue weighted by atomic mass is 10.1. The van der Waals surface area contributed by atoms with Crippen LogP contribution in [0.2, 0.25) is 0 Å². The predicted molar refractivity (Wildman–Crippen MR) is 108 cm³/mol. The molecule has 2 aromatic rings. The number of hydrogen-bond acceptors (Lipinski definition) is 5. The van der Waals surface area contributed by atoms with Crippen molar-refractivity contribution in [3.05, 3.63) is 53.6 Å². The van der Waals surface area contributed by atoms with Crippen LogP contribution >= 0.6 is 0 Å². The van der Waals surface area contributed by atoms with E-state index in [9.17, 15) is 26.0 Å². The molecule has 1 aliphatic rings. The summed E-state index contributed by atoms with van der Waals surface area (Å²) < 4.78 is 72.6. The van der Waals surface area contributed by atoms with Crippen LogP contribution in [-0.2, 0) is 27.9 Å². The van der Waals surface area contributed by atoms with Crippen LogP contribution in [0.4, 0.5) is 17.6 Å². The van der Waals surface area contributed by atoms with Gasteiger partial charge in [-0.25, -0.2) is 22.3 Å². The third-order valence-corrected chi connectivity index (χ3v) is 6.10. The van der Waals surface area contributed by atoms with Crippen molar-refractivity contribution < 1.29 is 35.9 Å². The number of carbonyl (C=O) groups is 1. The summed E-state index contributed by atoms with van der Waals surface area (Å²) in [5, 5.41) is 11.5. The molecule has 0 amide bonds. The lowest BCUT2D eigenvalue weighted by molar-refractivity contribution is -0.192. The Hall–Kier alpha value is -2.51. The van der Waals surface area contributed by atoms with Crippen molar-refractivity contribution in [2.75, 3.05) is 18.8 Å². The van der Waals surface area contributed by atoms with E-state index in [1.54, 1.807) is 25.3 Å². The quantitative estimate of drug-likeness (QED) is 0.591. The molecule has 1 unspecified atom stereocenters. The van der Waals surface area contributed by atoms with Crippen LogP contribution < -0.4 is 4.72 Å². The van der Waals surface area contributed by atoms with Crippen molar-refractivity contribution in [2.24, 2.45) is 0 Å². The number of aliphatic carboxylic acids is 1. The first kappa shape index (κ1) is 25.7. The molecule has 0 radical (unpaired) electrons. The first-order chi connectivity index (χ1) is 14.9. The van der Waals surface area contributed by atoms with E-state index in [2.05, 4.69) is 14.7 Å². The SMILES string of the molecule is CCS(=O)(=O)NCCC1CN(Cc2ccc(F)cc2)Cc2ccnn21.O=C(O)C(F)(F)F. The predicted octanol–water partition coefficient (Wildman–Crippen LogP) is 2.54. The van der Waals surface area contributed by atoms with Crippen LogP contribution in [-0.4, -0.2) is 59.2 Å². The van der Waals surface area contributed by atoms with E-state index in [0.717, 1.165) is 30.9 Å². The number of halogens is 4. The zero-order valence-electron chi connectivity index (χ0n) is 17.2. The molecule has 1 atom stereocenters. The molecule has 0 saturated heterocycles. The maximum atomic E-state index is 13.1. The van der Waals surface area contributed by atoms with Gasteiger partial charge in [0.05, 0.1) is 17.5 Å². The Balaban J connectivity index is 0.000000451. The molecule has 13 heteroatoms. The highest BCUT2D eigenvalue weighted by molar-refractivity contribution is 7.89. The van der Waals surface area contributed by atoms with Crippen LogP contribution in [0.15, 0.2) is 36.5 Å². The van der Waals surface area contributed by atoms with E-state index < -0.39 is 22.2 Å². The van der Waals surface area contributed by atoms with Crippen molar-refractivity contribution >= 4 is 16.0 Å². The molecule has 0 aliphatic carbocycles. The van der Waals surface area contributed by atoms with E-state index in [-0.39, 0.29) is 17.6 Å². The van der Waals surface area contributed by atoms with Crippen molar-refractivity contribution in [3.8, 4) is 0 Å². The second kappa shape index (κ2) is 10.9. The number of hydrogen-bond donors (Lipinski definition) is 2. The second-order valence-corrected chi connectivity index (χ2v) is 9.20. The minimum absolute atomic E-state index is 0.0847. The van der Waals surface area contributed by atoms with Gasteiger partial charge in [-0.1, -0.05) is 12.1 Å². The highest BCUT2D eigenvalue weighted by atomic mass is 32.2. The standard InChI is InChI=1S/C17H23FN4O2S.C2HF3O2/c1-2-25(23,24)20-10-8-17-13-21(12-16-7-9-19-22(16)17)11-14-3-5-15(18)6-4-14;3-2(4,5)1(6)7/h3-7,9,17,20H,2,8,10-13H2,1H3;(H,6,7). The van der Waals surface area contributed by atoms with Crippen molar-refractivity contribution in [3.63, 3.8) is 0 Å². The van der Waals surface area contributed by atoms with Crippen molar-refractivity contribution in [1.29, 1.82) is 0 Å². The molecule has 2 N–H and O–H groups in total. The van der Waals surface area contributed by atoms with Gasteiger partial charge >= 0.3 is 12.1 Å². The summed E-state index contributed by atoms with van der Waals surface area (Å²) >= 11 is 0. The monoisotopic (exact) mass is 480 g/mol. The normalized spacial score (nSPS) is 16.7. The number of aromatic nitrogens is 2. The maximum absolute atomic E-state index is 13.1. The molecule has 0 spiro atoms. The zero-order valence-corrected chi connectivity index (χ0v) is 18.0. The molecule has 1 aliphatic heterocycles. The van der Waals surface area contributed by atoms with Gasteiger partial charge in [-0.2, -0.15) is 18.3 Å². The molecule has 178 valence electrons. The Morgan fingerprint density at radius 1 is 1.25 bits per heavy atom. The van der Waals surface area contributed by atoms with Crippen molar-refractivity contribution in [2.45, 2.75) is 38.7 Å². The molecule has 1 aromatic carbocycles. The van der Waals surface area contributed by atoms with Crippen LogP contribution in [0.3, 0.4) is 0 Å². The van der Waals surface area contributed by atoms with Gasteiger partial charge < -0.3 is 5.11 Å². The molecule has 3 rings (SSSR count). The van der Waals surface area contributed by atoms with Crippen LogP contribution in [0.1, 0.15) is 30.6 Å². The molecule has 32 heavy (non-hydrogen) atoms. The van der Waals surface area contributed by atoms with Gasteiger partial charge in [-0.3, -0.25) is 9.58 Å². The van der Waals surface area contributed by atoms with Gasteiger partial charge in [0.15, 0.2) is 0 Å². The number of alkyl halides is 3. The topological polar surface area (TPSA) is 105 Å². The van der Waals surface area contributed by atoms with Gasteiger partial charge in [0.25, 0.3) is 0 Å². The lowest BCUT2D eigenvalue weighted by Crippen LogP contribution is -2.39. The van der Waals surface area contributed by atoms with E-state index >= 15 is 0 Å². The fourth-order valence-corrected chi connectivity index (χ4v) is 3.76. The minimum Gasteiger partial charge on any atom is -0.475 e. The van der Waals surface area contributed by atoms with Gasteiger partial charge in [0.2, 0.25) is 10.0 Å². The Bertz CT molecular complexity index is 994. The third-order valence-electron chi connectivity index (χ3n) is 4.69. The summed E-state index contributed by atoms with van der Waals surface area (Å²) in [6.45, 7) is 4.29. The van der Waals surface area contributed by atoms with Gasteiger partial charge in [0, 0.05) is 32.4 Å². The Kier molecular flexibility index (Phi) is 8.75. The van der Waals surface area contributed by atoms with Gasteiger partial charge in [0.1, 0.15) is 5.82 Å². The summed E-state index contributed by atoms with van der Waals surface area (Å²) in [7, 11) is -3.18. The van der Waals surface area contributed by atoms with Crippen LogP contribution in [0, 0.1) is 5.82 Å². The molecule has 8 nitrogen and oxygen atoms in total. The number of carboxylic acid groups (broad SMARTS) is 1. The summed E-state index contributed by atoms with van der Waals surface area (Å²) in [6.07, 6.45) is -2.63. The largest absolute Gasteiger partial charge is 0.490 e. The Morgan fingerprint density at radius 2 is 1.88 bits per heavy atom. The van der Waals surface area contributed by atoms with E-state index in [4.69, 9.17) is 9.90 Å². The molecule has 0 saturated carbocycles. The summed E-state index contributed by atoms with van der Waals surface area (Å²) in [4.78, 5) is 11.2. The van der Waals surface area contributed by atoms with Crippen molar-refractivity contribution in [1.82, 2.24) is 19.4 Å². The third kappa shape index (κ3) is 7.88. The highest BCUT2D eigenvalue weighted by Gasteiger charge is 2.38. The van der Waals surface area contributed by atoms with Gasteiger partial charge in [-0.15, -0.1) is 0 Å². The van der Waals surface area contributed by atoms with Gasteiger partial charge in [-0.05, 0) is 37.1 Å². The fraction of sp³-hybridized carbons (Fsp3) is 0.474. The first-order valence-corrected chi connectivity index (χ1v) is 11.3. The second-order valence-electron chi connectivity index (χ2n) is 7.11. The number of nitrogens with zero attached hydrogens (tertiary/aromatic N) is 3. The molecule has 1 aromatic heterocycles. The Labute approximate surface area is 182 Å². The van der Waals surface area contributed by atoms with E-state index in [0.29, 0.717) is 13.0 Å².